The number of aliphatic imine (C=N–C) groups is 1. The molecule has 1 heterocycles. The van der Waals surface area contributed by atoms with Crippen LogP contribution in [0.4, 0.5) is 0 Å². The van der Waals surface area contributed by atoms with Crippen molar-refractivity contribution in [2.24, 2.45) is 16.8 Å². The second-order valence-electron chi connectivity index (χ2n) is 7.61. The zero-order valence-electron chi connectivity index (χ0n) is 17.4. The van der Waals surface area contributed by atoms with E-state index < -0.39 is 0 Å². The molecular formula is C19H41IN4O2. The largest absolute Gasteiger partial charge is 0.380 e. The molecule has 0 aromatic rings. The van der Waals surface area contributed by atoms with Gasteiger partial charge in [-0.25, -0.2) is 0 Å². The van der Waals surface area contributed by atoms with Gasteiger partial charge in [-0.3, -0.25) is 9.89 Å². The lowest BCUT2D eigenvalue weighted by atomic mass is 10.0. The molecule has 2 N–H and O–H groups in total. The molecule has 0 bridgehead atoms. The Kier molecular flexibility index (Phi) is 15.8. The van der Waals surface area contributed by atoms with Crippen LogP contribution < -0.4 is 10.6 Å². The maximum Gasteiger partial charge on any atom is 0.191 e. The van der Waals surface area contributed by atoms with Crippen LogP contribution in [0.15, 0.2) is 4.99 Å². The SMILES string of the molecule is CN=C(NCCOCCC(C)C)NCC(CC(C)C)N1CCOCC1.I. The summed E-state index contributed by atoms with van der Waals surface area (Å²) in [5.74, 6) is 2.23. The van der Waals surface area contributed by atoms with E-state index in [2.05, 4.69) is 48.2 Å². The number of hydrogen-bond donors (Lipinski definition) is 2. The zero-order chi connectivity index (χ0) is 18.5. The summed E-state index contributed by atoms with van der Waals surface area (Å²) in [6, 6.07) is 0.518. The molecule has 1 atom stereocenters. The average Bonchev–Trinajstić information content (AvgIpc) is 2.59. The third kappa shape index (κ3) is 12.3. The van der Waals surface area contributed by atoms with Crippen molar-refractivity contribution in [3.8, 4) is 0 Å². The highest BCUT2D eigenvalue weighted by Crippen LogP contribution is 2.12. The predicted octanol–water partition coefficient (Wildman–Crippen LogP) is 2.58. The molecule has 0 spiro atoms. The maximum atomic E-state index is 5.65. The maximum absolute atomic E-state index is 5.65. The lowest BCUT2D eigenvalue weighted by molar-refractivity contribution is 0.0132. The van der Waals surface area contributed by atoms with Crippen LogP contribution in [0.1, 0.15) is 40.5 Å². The van der Waals surface area contributed by atoms with Crippen molar-refractivity contribution in [2.75, 3.05) is 59.7 Å². The molecule has 6 nitrogen and oxygen atoms in total. The molecule has 1 aliphatic heterocycles. The van der Waals surface area contributed by atoms with Gasteiger partial charge in [0.2, 0.25) is 0 Å². The highest BCUT2D eigenvalue weighted by atomic mass is 127. The van der Waals surface area contributed by atoms with Crippen LogP contribution in [0.5, 0.6) is 0 Å². The Morgan fingerprint density at radius 1 is 1.08 bits per heavy atom. The third-order valence-corrected chi connectivity index (χ3v) is 4.41. The van der Waals surface area contributed by atoms with E-state index in [1.165, 1.54) is 6.42 Å². The van der Waals surface area contributed by atoms with Gasteiger partial charge >= 0.3 is 0 Å². The molecule has 7 heteroatoms. The first-order chi connectivity index (χ1) is 12.0. The van der Waals surface area contributed by atoms with Gasteiger partial charge in [0.25, 0.3) is 0 Å². The van der Waals surface area contributed by atoms with Gasteiger partial charge in [0.15, 0.2) is 5.96 Å². The number of nitrogens with zero attached hydrogens (tertiary/aromatic N) is 2. The first-order valence-electron chi connectivity index (χ1n) is 9.87. The van der Waals surface area contributed by atoms with Crippen molar-refractivity contribution in [2.45, 2.75) is 46.6 Å². The molecule has 1 unspecified atom stereocenters. The average molecular weight is 484 g/mol. The monoisotopic (exact) mass is 484 g/mol. The van der Waals surface area contributed by atoms with E-state index in [-0.39, 0.29) is 24.0 Å². The third-order valence-electron chi connectivity index (χ3n) is 4.41. The van der Waals surface area contributed by atoms with Gasteiger partial charge in [0, 0.05) is 45.9 Å². The lowest BCUT2D eigenvalue weighted by Crippen LogP contribution is -2.51. The van der Waals surface area contributed by atoms with Gasteiger partial charge < -0.3 is 20.1 Å². The molecule has 0 amide bonds. The second-order valence-corrected chi connectivity index (χ2v) is 7.61. The number of morpholine rings is 1. The summed E-state index contributed by atoms with van der Waals surface area (Å²) >= 11 is 0. The van der Waals surface area contributed by atoms with Crippen LogP contribution in [0.3, 0.4) is 0 Å². The van der Waals surface area contributed by atoms with Gasteiger partial charge in [-0.15, -0.1) is 24.0 Å². The van der Waals surface area contributed by atoms with Crippen molar-refractivity contribution in [1.82, 2.24) is 15.5 Å². The fourth-order valence-corrected chi connectivity index (χ4v) is 2.95. The van der Waals surface area contributed by atoms with E-state index >= 15 is 0 Å². The Bertz CT molecular complexity index is 361. The number of nitrogens with one attached hydrogen (secondary N) is 2. The topological polar surface area (TPSA) is 58.1 Å². The number of ether oxygens (including phenoxy) is 2. The van der Waals surface area contributed by atoms with Crippen molar-refractivity contribution in [3.05, 3.63) is 0 Å². The predicted molar refractivity (Wildman–Crippen MR) is 121 cm³/mol. The van der Waals surface area contributed by atoms with Crippen molar-refractivity contribution >= 4 is 29.9 Å². The molecule has 0 aromatic carbocycles. The lowest BCUT2D eigenvalue weighted by Gasteiger charge is -2.35. The van der Waals surface area contributed by atoms with Gasteiger partial charge in [-0.05, 0) is 24.7 Å². The van der Waals surface area contributed by atoms with Crippen molar-refractivity contribution in [1.29, 1.82) is 0 Å². The number of guanidine groups is 1. The van der Waals surface area contributed by atoms with Crippen LogP contribution in [-0.4, -0.2) is 76.6 Å². The summed E-state index contributed by atoms with van der Waals surface area (Å²) in [5.41, 5.74) is 0. The highest BCUT2D eigenvalue weighted by molar-refractivity contribution is 14.0. The minimum Gasteiger partial charge on any atom is -0.380 e. The van der Waals surface area contributed by atoms with Crippen LogP contribution >= 0.6 is 24.0 Å². The Labute approximate surface area is 177 Å². The highest BCUT2D eigenvalue weighted by Gasteiger charge is 2.22. The molecule has 0 aromatic heterocycles. The van der Waals surface area contributed by atoms with Crippen LogP contribution in [0, 0.1) is 11.8 Å². The van der Waals surface area contributed by atoms with Crippen molar-refractivity contribution in [3.63, 3.8) is 0 Å². The fraction of sp³-hybridized carbons (Fsp3) is 0.947. The summed E-state index contributed by atoms with van der Waals surface area (Å²) in [4.78, 5) is 6.87. The van der Waals surface area contributed by atoms with E-state index in [1.807, 2.05) is 7.05 Å². The van der Waals surface area contributed by atoms with Gasteiger partial charge in [0.1, 0.15) is 0 Å². The van der Waals surface area contributed by atoms with E-state index in [0.717, 1.165) is 58.4 Å². The van der Waals surface area contributed by atoms with E-state index in [1.54, 1.807) is 0 Å². The standard InChI is InChI=1S/C19H40N4O2.HI/c1-16(2)6-10-24-11-7-21-19(20-5)22-15-18(14-17(3)4)23-8-12-25-13-9-23;/h16-18H,6-15H2,1-5H3,(H2,20,21,22);1H. The number of halogens is 1. The Hall–Kier alpha value is -0.120. The summed E-state index contributed by atoms with van der Waals surface area (Å²) in [7, 11) is 1.82. The normalized spacial score (nSPS) is 17.3. The van der Waals surface area contributed by atoms with Gasteiger partial charge in [-0.2, -0.15) is 0 Å². The second kappa shape index (κ2) is 15.9. The first kappa shape index (κ1) is 25.9. The molecule has 0 aliphatic carbocycles. The summed E-state index contributed by atoms with van der Waals surface area (Å²) in [6.45, 7) is 16.0. The molecule has 1 fully saturated rings. The minimum absolute atomic E-state index is 0. The minimum atomic E-state index is 0. The molecule has 0 saturated carbocycles. The van der Waals surface area contributed by atoms with Crippen LogP contribution in [-0.2, 0) is 9.47 Å². The van der Waals surface area contributed by atoms with Crippen LogP contribution in [0.2, 0.25) is 0 Å². The number of rotatable bonds is 11. The van der Waals surface area contributed by atoms with Gasteiger partial charge in [-0.1, -0.05) is 27.7 Å². The summed E-state index contributed by atoms with van der Waals surface area (Å²) in [5, 5.41) is 6.82. The quantitative estimate of drug-likeness (QED) is 0.204. The molecule has 1 saturated heterocycles. The molecule has 1 rings (SSSR count). The number of hydrogen-bond acceptors (Lipinski definition) is 4. The summed E-state index contributed by atoms with van der Waals surface area (Å²) in [6.07, 6.45) is 2.30. The molecule has 156 valence electrons. The Balaban J connectivity index is 0.00000625. The molecule has 1 aliphatic rings. The first-order valence-corrected chi connectivity index (χ1v) is 9.87. The summed E-state index contributed by atoms with van der Waals surface area (Å²) < 4.78 is 11.1. The van der Waals surface area contributed by atoms with E-state index in [0.29, 0.717) is 24.5 Å². The fourth-order valence-electron chi connectivity index (χ4n) is 2.95. The van der Waals surface area contributed by atoms with Gasteiger partial charge in [0.05, 0.1) is 19.8 Å². The smallest absolute Gasteiger partial charge is 0.191 e. The molecule has 26 heavy (non-hydrogen) atoms. The van der Waals surface area contributed by atoms with E-state index in [4.69, 9.17) is 9.47 Å². The molecule has 0 radical (unpaired) electrons. The molecular weight excluding hydrogens is 443 g/mol. The van der Waals surface area contributed by atoms with E-state index in [9.17, 15) is 0 Å². The van der Waals surface area contributed by atoms with Crippen LogP contribution in [0.25, 0.3) is 0 Å². The zero-order valence-corrected chi connectivity index (χ0v) is 19.8. The van der Waals surface area contributed by atoms with Crippen molar-refractivity contribution < 1.29 is 9.47 Å². The Morgan fingerprint density at radius 3 is 2.35 bits per heavy atom. The Morgan fingerprint density at radius 2 is 1.77 bits per heavy atom.